The van der Waals surface area contributed by atoms with E-state index in [1.807, 2.05) is 13.0 Å². The van der Waals surface area contributed by atoms with Crippen LogP contribution in [0.25, 0.3) is 0 Å². The van der Waals surface area contributed by atoms with Crippen LogP contribution in [0.1, 0.15) is 15.9 Å². The van der Waals surface area contributed by atoms with Crippen molar-refractivity contribution >= 4 is 49.2 Å². The lowest BCUT2D eigenvalue weighted by Gasteiger charge is -2.11. The fourth-order valence-electron chi connectivity index (χ4n) is 1.76. The van der Waals surface area contributed by atoms with E-state index < -0.39 is 16.0 Å². The smallest absolute Gasteiger partial charge is 0.337 e. The highest BCUT2D eigenvalue weighted by Gasteiger charge is 2.19. The third-order valence-electron chi connectivity index (χ3n) is 2.84. The zero-order valence-corrected chi connectivity index (χ0v) is 14.5. The van der Waals surface area contributed by atoms with Crippen molar-refractivity contribution in [2.24, 2.45) is 0 Å². The van der Waals surface area contributed by atoms with E-state index in [-0.39, 0.29) is 15.5 Å². The lowest BCUT2D eigenvalue weighted by atomic mass is 10.2. The Labute approximate surface area is 141 Å². The largest absolute Gasteiger partial charge is 0.478 e. The van der Waals surface area contributed by atoms with E-state index in [9.17, 15) is 13.2 Å². The highest BCUT2D eigenvalue weighted by molar-refractivity contribution is 9.10. The summed E-state index contributed by atoms with van der Waals surface area (Å²) >= 11 is 9.01. The van der Waals surface area contributed by atoms with Gasteiger partial charge in [-0.2, -0.15) is 0 Å². The molecule has 0 saturated heterocycles. The number of rotatable bonds is 4. The minimum absolute atomic E-state index is 0.0248. The maximum atomic E-state index is 12.4. The number of benzene rings is 2. The van der Waals surface area contributed by atoms with Gasteiger partial charge in [0.05, 0.1) is 21.2 Å². The Kier molecular flexibility index (Phi) is 4.79. The van der Waals surface area contributed by atoms with Gasteiger partial charge in [0.15, 0.2) is 0 Å². The molecule has 0 saturated carbocycles. The van der Waals surface area contributed by atoms with Gasteiger partial charge in [0, 0.05) is 4.47 Å². The number of carbonyl (C=O) groups is 1. The second-order valence-corrected chi connectivity index (χ2v) is 7.48. The van der Waals surface area contributed by atoms with Crippen molar-refractivity contribution in [1.29, 1.82) is 0 Å². The summed E-state index contributed by atoms with van der Waals surface area (Å²) in [5.41, 5.74) is 0.975. The van der Waals surface area contributed by atoms with Gasteiger partial charge < -0.3 is 5.11 Å². The molecule has 0 amide bonds. The molecule has 0 unspecified atom stereocenters. The number of sulfonamides is 1. The number of hydrogen-bond donors (Lipinski definition) is 2. The summed E-state index contributed by atoms with van der Waals surface area (Å²) in [6.07, 6.45) is 0. The molecule has 22 heavy (non-hydrogen) atoms. The van der Waals surface area contributed by atoms with Crippen molar-refractivity contribution in [2.75, 3.05) is 4.72 Å². The highest BCUT2D eigenvalue weighted by Crippen LogP contribution is 2.27. The van der Waals surface area contributed by atoms with Gasteiger partial charge in [-0.1, -0.05) is 17.7 Å². The lowest BCUT2D eigenvalue weighted by Crippen LogP contribution is -2.14. The quantitative estimate of drug-likeness (QED) is 0.809. The maximum absolute atomic E-state index is 12.4. The molecule has 0 bridgehead atoms. The molecule has 0 heterocycles. The van der Waals surface area contributed by atoms with Crippen LogP contribution in [-0.4, -0.2) is 19.5 Å². The highest BCUT2D eigenvalue weighted by atomic mass is 79.9. The van der Waals surface area contributed by atoms with Crippen LogP contribution in [-0.2, 0) is 10.0 Å². The molecule has 0 aliphatic heterocycles. The zero-order valence-electron chi connectivity index (χ0n) is 11.3. The van der Waals surface area contributed by atoms with Crippen molar-refractivity contribution in [3.8, 4) is 0 Å². The topological polar surface area (TPSA) is 83.5 Å². The summed E-state index contributed by atoms with van der Waals surface area (Å²) in [6.45, 7) is 1.83. The number of halogens is 2. The van der Waals surface area contributed by atoms with E-state index in [2.05, 4.69) is 20.7 Å². The minimum atomic E-state index is -3.93. The van der Waals surface area contributed by atoms with Gasteiger partial charge in [-0.3, -0.25) is 4.72 Å². The van der Waals surface area contributed by atoms with Crippen LogP contribution in [0.4, 0.5) is 5.69 Å². The predicted octanol–water partition coefficient (Wildman–Crippen LogP) is 3.91. The number of hydrogen-bond acceptors (Lipinski definition) is 3. The van der Waals surface area contributed by atoms with Crippen LogP contribution < -0.4 is 4.72 Å². The molecule has 2 rings (SSSR count). The fraction of sp³-hybridized carbons (Fsp3) is 0.0714. The molecule has 8 heteroatoms. The van der Waals surface area contributed by atoms with Gasteiger partial charge in [-0.25, -0.2) is 13.2 Å². The van der Waals surface area contributed by atoms with E-state index in [1.54, 1.807) is 12.1 Å². The molecule has 0 radical (unpaired) electrons. The van der Waals surface area contributed by atoms with E-state index >= 15 is 0 Å². The van der Waals surface area contributed by atoms with Gasteiger partial charge in [0.2, 0.25) is 0 Å². The SMILES string of the molecule is Cc1ccc(Br)c(NS(=O)(=O)c2ccc(Cl)c(C(=O)O)c2)c1. The fourth-order valence-corrected chi connectivity index (χ4v) is 3.53. The van der Waals surface area contributed by atoms with E-state index in [1.165, 1.54) is 12.1 Å². The Morgan fingerprint density at radius 1 is 1.23 bits per heavy atom. The average molecular weight is 405 g/mol. The molecule has 0 aliphatic rings. The Morgan fingerprint density at radius 3 is 2.55 bits per heavy atom. The van der Waals surface area contributed by atoms with Gasteiger partial charge in [-0.15, -0.1) is 0 Å². The molecular weight excluding hydrogens is 394 g/mol. The summed E-state index contributed by atoms with van der Waals surface area (Å²) in [5, 5.41) is 8.99. The standard InChI is InChI=1S/C14H11BrClNO4S/c1-8-2-4-11(15)13(6-8)17-22(20,21)9-3-5-12(16)10(7-9)14(18)19/h2-7,17H,1H3,(H,18,19). The van der Waals surface area contributed by atoms with Gasteiger partial charge in [-0.05, 0) is 58.7 Å². The van der Waals surface area contributed by atoms with Gasteiger partial charge >= 0.3 is 5.97 Å². The predicted molar refractivity (Wildman–Crippen MR) is 88.1 cm³/mol. The summed E-state index contributed by atoms with van der Waals surface area (Å²) in [4.78, 5) is 10.9. The zero-order chi connectivity index (χ0) is 16.5. The van der Waals surface area contributed by atoms with E-state index in [0.29, 0.717) is 10.2 Å². The number of carboxylic acid groups (broad SMARTS) is 1. The summed E-state index contributed by atoms with van der Waals surface area (Å²) < 4.78 is 27.8. The third kappa shape index (κ3) is 3.60. The lowest BCUT2D eigenvalue weighted by molar-refractivity contribution is 0.0697. The molecule has 2 N–H and O–H groups in total. The molecule has 0 aromatic heterocycles. The summed E-state index contributed by atoms with van der Waals surface area (Å²) in [5.74, 6) is -1.29. The average Bonchev–Trinajstić information content (AvgIpc) is 2.42. The number of aryl methyl sites for hydroxylation is 1. The normalized spacial score (nSPS) is 11.2. The molecule has 0 spiro atoms. The first-order valence-electron chi connectivity index (χ1n) is 6.02. The molecule has 0 aliphatic carbocycles. The van der Waals surface area contributed by atoms with Crippen LogP contribution in [0.5, 0.6) is 0 Å². The molecule has 116 valence electrons. The maximum Gasteiger partial charge on any atom is 0.337 e. The van der Waals surface area contributed by atoms with Crippen LogP contribution in [0, 0.1) is 6.92 Å². The Bertz CT molecular complexity index is 852. The second-order valence-electron chi connectivity index (χ2n) is 4.54. The number of aromatic carboxylic acids is 1. The van der Waals surface area contributed by atoms with Gasteiger partial charge in [0.1, 0.15) is 0 Å². The number of carboxylic acids is 1. The summed E-state index contributed by atoms with van der Waals surface area (Å²) in [7, 11) is -3.93. The van der Waals surface area contributed by atoms with Crippen molar-refractivity contribution in [3.63, 3.8) is 0 Å². The second kappa shape index (κ2) is 6.28. The first kappa shape index (κ1) is 16.8. The third-order valence-corrected chi connectivity index (χ3v) is 5.23. The molecule has 0 atom stereocenters. The van der Waals surface area contributed by atoms with Crippen molar-refractivity contribution in [3.05, 3.63) is 57.0 Å². The number of anilines is 1. The number of nitrogens with one attached hydrogen (secondary N) is 1. The van der Waals surface area contributed by atoms with Crippen LogP contribution in [0.15, 0.2) is 45.8 Å². The Balaban J connectivity index is 2.45. The first-order valence-corrected chi connectivity index (χ1v) is 8.68. The molecule has 2 aromatic rings. The first-order chi connectivity index (χ1) is 10.2. The van der Waals surface area contributed by atoms with Crippen LogP contribution >= 0.6 is 27.5 Å². The Morgan fingerprint density at radius 2 is 1.91 bits per heavy atom. The van der Waals surface area contributed by atoms with Gasteiger partial charge in [0.25, 0.3) is 10.0 Å². The Hall–Kier alpha value is -1.57. The molecule has 0 fully saturated rings. The van der Waals surface area contributed by atoms with Crippen molar-refractivity contribution < 1.29 is 18.3 Å². The molecule has 5 nitrogen and oxygen atoms in total. The van der Waals surface area contributed by atoms with E-state index in [4.69, 9.17) is 16.7 Å². The van der Waals surface area contributed by atoms with Crippen LogP contribution in [0.3, 0.4) is 0 Å². The van der Waals surface area contributed by atoms with E-state index in [0.717, 1.165) is 11.6 Å². The van der Waals surface area contributed by atoms with Crippen molar-refractivity contribution in [2.45, 2.75) is 11.8 Å². The summed E-state index contributed by atoms with van der Waals surface area (Å²) in [6, 6.07) is 8.72. The molecular formula is C14H11BrClNO4S. The minimum Gasteiger partial charge on any atom is -0.478 e. The molecule has 2 aromatic carbocycles. The van der Waals surface area contributed by atoms with Crippen LogP contribution in [0.2, 0.25) is 5.02 Å². The van der Waals surface area contributed by atoms with Crippen molar-refractivity contribution in [1.82, 2.24) is 0 Å². The monoisotopic (exact) mass is 403 g/mol.